The third-order valence-corrected chi connectivity index (χ3v) is 3.57. The number of rotatable bonds is 10. The lowest BCUT2D eigenvalue weighted by atomic mass is 10.1. The molecule has 5 nitrogen and oxygen atoms in total. The summed E-state index contributed by atoms with van der Waals surface area (Å²) < 4.78 is 5.90. The number of nitrogen functional groups attached to an aromatic ring is 1. The third-order valence-electron chi connectivity index (χ3n) is 3.48. The normalized spacial score (nSPS) is 11.3. The number of ether oxygens (including phenoxy) is 1. The Balaban J connectivity index is 2.57. The highest BCUT2D eigenvalue weighted by molar-refractivity contribution is 7.80. The van der Waals surface area contributed by atoms with Crippen LogP contribution >= 0.6 is 12.2 Å². The molecule has 1 rings (SSSR count). The number of hydrazone groups is 1. The minimum Gasteiger partial charge on any atom is -0.493 e. The van der Waals surface area contributed by atoms with Gasteiger partial charge in [-0.1, -0.05) is 39.0 Å². The molecule has 0 heterocycles. The van der Waals surface area contributed by atoms with Gasteiger partial charge in [0.05, 0.1) is 12.3 Å². The maximum atomic E-state index is 5.90. The molecule has 0 atom stereocenters. The molecule has 1 aromatic rings. The molecule has 0 aliphatic carbocycles. The topological polar surface area (TPSA) is 85.7 Å². The van der Waals surface area contributed by atoms with Gasteiger partial charge in [-0.05, 0) is 43.8 Å². The fourth-order valence-corrected chi connectivity index (χ4v) is 2.27. The van der Waals surface area contributed by atoms with Crippen LogP contribution in [-0.4, -0.2) is 17.4 Å². The second kappa shape index (κ2) is 10.8. The van der Waals surface area contributed by atoms with E-state index in [4.69, 9.17) is 28.4 Å². The van der Waals surface area contributed by atoms with E-state index in [1.165, 1.54) is 32.1 Å². The Labute approximate surface area is 144 Å². The van der Waals surface area contributed by atoms with Gasteiger partial charge in [0.1, 0.15) is 5.75 Å². The zero-order valence-electron chi connectivity index (χ0n) is 14.1. The monoisotopic (exact) mass is 336 g/mol. The summed E-state index contributed by atoms with van der Waals surface area (Å²) in [6, 6.07) is 5.55. The summed E-state index contributed by atoms with van der Waals surface area (Å²) in [5.41, 5.74) is 16.1. The number of nitrogens with one attached hydrogen (secondary N) is 1. The predicted octanol–water partition coefficient (Wildman–Crippen LogP) is 3.57. The molecule has 6 heteroatoms. The van der Waals surface area contributed by atoms with Crippen molar-refractivity contribution in [1.29, 1.82) is 0 Å². The summed E-state index contributed by atoms with van der Waals surface area (Å²) in [6.07, 6.45) is 7.40. The van der Waals surface area contributed by atoms with Crippen molar-refractivity contribution in [2.75, 3.05) is 12.3 Å². The Hall–Kier alpha value is -1.82. The van der Waals surface area contributed by atoms with Crippen LogP contribution in [0.2, 0.25) is 0 Å². The molecule has 1 aromatic carbocycles. The predicted molar refractivity (Wildman–Crippen MR) is 102 cm³/mol. The van der Waals surface area contributed by atoms with Crippen molar-refractivity contribution in [3.05, 3.63) is 23.8 Å². The largest absolute Gasteiger partial charge is 0.493 e. The van der Waals surface area contributed by atoms with E-state index in [0.29, 0.717) is 12.3 Å². The number of thiocarbonyl (C=S) groups is 1. The average molecular weight is 337 g/mol. The minimum atomic E-state index is 0.128. The Morgan fingerprint density at radius 1 is 1.22 bits per heavy atom. The van der Waals surface area contributed by atoms with Gasteiger partial charge in [-0.25, -0.2) is 0 Å². The summed E-state index contributed by atoms with van der Waals surface area (Å²) in [4.78, 5) is 0. The average Bonchev–Trinajstić information content (AvgIpc) is 2.52. The Kier molecular flexibility index (Phi) is 9.05. The number of benzene rings is 1. The van der Waals surface area contributed by atoms with E-state index in [9.17, 15) is 0 Å². The molecule has 128 valence electrons. The zero-order chi connectivity index (χ0) is 17.1. The van der Waals surface area contributed by atoms with Gasteiger partial charge in [0.15, 0.2) is 5.11 Å². The van der Waals surface area contributed by atoms with Crippen molar-refractivity contribution in [2.45, 2.75) is 52.4 Å². The molecule has 0 radical (unpaired) electrons. The minimum absolute atomic E-state index is 0.128. The molecule has 0 aliphatic heterocycles. The number of anilines is 1. The molecule has 0 saturated carbocycles. The second-order valence-corrected chi connectivity index (χ2v) is 5.98. The molecule has 0 spiro atoms. The molecule has 23 heavy (non-hydrogen) atoms. The standard InChI is InChI=1S/C17H28N4OS/c1-3-4-5-6-7-8-11-22-16-10-9-14(18)12-15(16)13(2)20-21-17(19)23/h9-10,12H,3-8,11,18H2,1-2H3,(H3,19,21,23). The number of nitrogens with zero attached hydrogens (tertiary/aromatic N) is 1. The molecule has 0 saturated heterocycles. The van der Waals surface area contributed by atoms with Crippen LogP contribution in [0.1, 0.15) is 57.9 Å². The number of nitrogens with two attached hydrogens (primary N) is 2. The summed E-state index contributed by atoms with van der Waals surface area (Å²) in [5, 5.41) is 4.27. The van der Waals surface area contributed by atoms with Crippen LogP contribution in [-0.2, 0) is 0 Å². The quantitative estimate of drug-likeness (QED) is 0.200. The first-order valence-corrected chi connectivity index (χ1v) is 8.57. The first kappa shape index (κ1) is 19.2. The molecule has 0 aliphatic rings. The van der Waals surface area contributed by atoms with Crippen LogP contribution in [0.4, 0.5) is 5.69 Å². The van der Waals surface area contributed by atoms with Gasteiger partial charge in [-0.15, -0.1) is 0 Å². The van der Waals surface area contributed by atoms with Crippen molar-refractivity contribution in [1.82, 2.24) is 5.43 Å². The van der Waals surface area contributed by atoms with Crippen molar-refractivity contribution < 1.29 is 4.74 Å². The third kappa shape index (κ3) is 7.83. The van der Waals surface area contributed by atoms with Crippen LogP contribution in [0.15, 0.2) is 23.3 Å². The van der Waals surface area contributed by atoms with E-state index in [1.807, 2.05) is 25.1 Å². The smallest absolute Gasteiger partial charge is 0.184 e. The van der Waals surface area contributed by atoms with Crippen LogP contribution in [0.25, 0.3) is 0 Å². The number of hydrogen-bond acceptors (Lipinski definition) is 4. The fraction of sp³-hybridized carbons (Fsp3) is 0.529. The second-order valence-electron chi connectivity index (χ2n) is 5.55. The number of unbranched alkanes of at least 4 members (excludes halogenated alkanes) is 5. The van der Waals surface area contributed by atoms with E-state index in [0.717, 1.165) is 23.4 Å². The van der Waals surface area contributed by atoms with E-state index >= 15 is 0 Å². The van der Waals surface area contributed by atoms with Crippen molar-refractivity contribution in [3.8, 4) is 5.75 Å². The molecular formula is C17H28N4OS. The van der Waals surface area contributed by atoms with Crippen LogP contribution < -0.4 is 21.6 Å². The van der Waals surface area contributed by atoms with Crippen molar-refractivity contribution in [3.63, 3.8) is 0 Å². The summed E-state index contributed by atoms with van der Waals surface area (Å²) in [5.74, 6) is 0.777. The molecular weight excluding hydrogens is 308 g/mol. The lowest BCUT2D eigenvalue weighted by molar-refractivity contribution is 0.304. The van der Waals surface area contributed by atoms with Gasteiger partial charge >= 0.3 is 0 Å². The maximum absolute atomic E-state index is 5.90. The van der Waals surface area contributed by atoms with Crippen LogP contribution in [0.5, 0.6) is 5.75 Å². The molecule has 5 N–H and O–H groups in total. The highest BCUT2D eigenvalue weighted by atomic mass is 32.1. The zero-order valence-corrected chi connectivity index (χ0v) is 14.9. The van der Waals surface area contributed by atoms with Crippen molar-refractivity contribution in [2.24, 2.45) is 10.8 Å². The van der Waals surface area contributed by atoms with E-state index in [1.54, 1.807) is 0 Å². The Morgan fingerprint density at radius 2 is 1.91 bits per heavy atom. The maximum Gasteiger partial charge on any atom is 0.184 e. The lowest BCUT2D eigenvalue weighted by Crippen LogP contribution is -2.25. The molecule has 0 unspecified atom stereocenters. The highest BCUT2D eigenvalue weighted by Gasteiger charge is 2.08. The van der Waals surface area contributed by atoms with Crippen molar-refractivity contribution >= 4 is 28.7 Å². The summed E-state index contributed by atoms with van der Waals surface area (Å²) >= 11 is 4.76. The molecule has 0 aromatic heterocycles. The first-order chi connectivity index (χ1) is 11.0. The summed E-state index contributed by atoms with van der Waals surface area (Å²) in [6.45, 7) is 4.78. The van der Waals surface area contributed by atoms with E-state index in [-0.39, 0.29) is 5.11 Å². The Morgan fingerprint density at radius 3 is 2.61 bits per heavy atom. The van der Waals surface area contributed by atoms with Crippen LogP contribution in [0, 0.1) is 0 Å². The Bertz CT molecular complexity index is 531. The lowest BCUT2D eigenvalue weighted by Gasteiger charge is -2.12. The van der Waals surface area contributed by atoms with Gasteiger partial charge in [0, 0.05) is 11.3 Å². The van der Waals surface area contributed by atoms with Gasteiger partial charge < -0.3 is 16.2 Å². The van der Waals surface area contributed by atoms with Gasteiger partial charge in [0.25, 0.3) is 0 Å². The van der Waals surface area contributed by atoms with Gasteiger partial charge in [0.2, 0.25) is 0 Å². The first-order valence-electron chi connectivity index (χ1n) is 8.17. The molecule has 0 amide bonds. The van der Waals surface area contributed by atoms with Crippen LogP contribution in [0.3, 0.4) is 0 Å². The fourth-order valence-electron chi connectivity index (χ4n) is 2.22. The van der Waals surface area contributed by atoms with E-state index in [2.05, 4.69) is 17.5 Å². The highest BCUT2D eigenvalue weighted by Crippen LogP contribution is 2.22. The van der Waals surface area contributed by atoms with Gasteiger partial charge in [-0.3, -0.25) is 5.43 Å². The number of hydrogen-bond donors (Lipinski definition) is 3. The SMILES string of the molecule is CCCCCCCCOc1ccc(N)cc1C(C)=NNC(N)=S. The molecule has 0 fully saturated rings. The van der Waals surface area contributed by atoms with Gasteiger partial charge in [-0.2, -0.15) is 5.10 Å². The van der Waals surface area contributed by atoms with E-state index < -0.39 is 0 Å². The summed E-state index contributed by atoms with van der Waals surface area (Å²) in [7, 11) is 0. The molecule has 0 bridgehead atoms.